The average molecular weight is 256 g/mol. The van der Waals surface area contributed by atoms with Crippen LogP contribution in [0.5, 0.6) is 0 Å². The fourth-order valence-corrected chi connectivity index (χ4v) is 2.64. The van der Waals surface area contributed by atoms with Crippen LogP contribution in [0.1, 0.15) is 46.5 Å². The van der Waals surface area contributed by atoms with Crippen LogP contribution < -0.4 is 10.6 Å². The molecule has 0 bridgehead atoms. The van der Waals surface area contributed by atoms with Crippen LogP contribution in [-0.4, -0.2) is 37.7 Å². The molecule has 2 unspecified atom stereocenters. The van der Waals surface area contributed by atoms with Gasteiger partial charge in [0, 0.05) is 7.11 Å². The van der Waals surface area contributed by atoms with Gasteiger partial charge in [-0.3, -0.25) is 4.79 Å². The van der Waals surface area contributed by atoms with Gasteiger partial charge in [-0.15, -0.1) is 0 Å². The van der Waals surface area contributed by atoms with Crippen molar-refractivity contribution in [3.8, 4) is 0 Å². The van der Waals surface area contributed by atoms with E-state index in [1.54, 1.807) is 7.11 Å². The Kier molecular flexibility index (Phi) is 6.09. The van der Waals surface area contributed by atoms with Gasteiger partial charge in [-0.1, -0.05) is 27.2 Å². The highest BCUT2D eigenvalue weighted by atomic mass is 16.5. The van der Waals surface area contributed by atoms with Crippen molar-refractivity contribution >= 4 is 5.91 Å². The predicted molar refractivity (Wildman–Crippen MR) is 73.5 cm³/mol. The second kappa shape index (κ2) is 7.10. The Morgan fingerprint density at radius 1 is 1.50 bits per heavy atom. The van der Waals surface area contributed by atoms with Crippen LogP contribution in [0.3, 0.4) is 0 Å². The Hall–Kier alpha value is -0.610. The molecule has 0 spiro atoms. The first-order valence-corrected chi connectivity index (χ1v) is 7.10. The van der Waals surface area contributed by atoms with Crippen LogP contribution in [0.15, 0.2) is 0 Å². The molecule has 0 aromatic carbocycles. The topological polar surface area (TPSA) is 50.4 Å². The van der Waals surface area contributed by atoms with Gasteiger partial charge in [-0.25, -0.2) is 0 Å². The fraction of sp³-hybridized carbons (Fsp3) is 0.929. The lowest BCUT2D eigenvalue weighted by atomic mass is 9.90. The van der Waals surface area contributed by atoms with Crippen LogP contribution >= 0.6 is 0 Å². The van der Waals surface area contributed by atoms with Crippen molar-refractivity contribution in [2.24, 2.45) is 5.92 Å². The first kappa shape index (κ1) is 15.4. The molecule has 4 heteroatoms. The first-order chi connectivity index (χ1) is 8.55. The monoisotopic (exact) mass is 256 g/mol. The van der Waals surface area contributed by atoms with Crippen LogP contribution in [0, 0.1) is 5.92 Å². The van der Waals surface area contributed by atoms with Gasteiger partial charge in [0.2, 0.25) is 5.91 Å². The quantitative estimate of drug-likeness (QED) is 0.729. The van der Waals surface area contributed by atoms with Crippen molar-refractivity contribution in [3.63, 3.8) is 0 Å². The van der Waals surface area contributed by atoms with Crippen LogP contribution in [-0.2, 0) is 9.53 Å². The second-order valence-corrected chi connectivity index (χ2v) is 5.64. The van der Waals surface area contributed by atoms with Crippen LogP contribution in [0.2, 0.25) is 0 Å². The lowest BCUT2D eigenvalue weighted by Crippen LogP contribution is -2.57. The van der Waals surface area contributed by atoms with Crippen LogP contribution in [0.4, 0.5) is 0 Å². The number of ether oxygens (including phenoxy) is 1. The van der Waals surface area contributed by atoms with Gasteiger partial charge in [0.25, 0.3) is 0 Å². The Morgan fingerprint density at radius 3 is 2.67 bits per heavy atom. The summed E-state index contributed by atoms with van der Waals surface area (Å²) in [7, 11) is 1.68. The minimum Gasteiger partial charge on any atom is -0.383 e. The Morgan fingerprint density at radius 2 is 2.22 bits per heavy atom. The maximum absolute atomic E-state index is 12.5. The molecule has 1 rings (SSSR count). The zero-order valence-corrected chi connectivity index (χ0v) is 12.2. The van der Waals surface area contributed by atoms with E-state index in [1.807, 2.05) is 0 Å². The molecular weight excluding hydrogens is 228 g/mol. The number of hydrogen-bond acceptors (Lipinski definition) is 3. The molecule has 1 amide bonds. The molecule has 1 aliphatic heterocycles. The van der Waals surface area contributed by atoms with E-state index in [4.69, 9.17) is 4.74 Å². The van der Waals surface area contributed by atoms with Crippen molar-refractivity contribution in [1.82, 2.24) is 10.6 Å². The average Bonchev–Trinajstić information content (AvgIpc) is 2.78. The molecule has 18 heavy (non-hydrogen) atoms. The smallest absolute Gasteiger partial charge is 0.240 e. The van der Waals surface area contributed by atoms with Gasteiger partial charge >= 0.3 is 0 Å². The lowest BCUT2D eigenvalue weighted by molar-refractivity contribution is -0.129. The van der Waals surface area contributed by atoms with E-state index >= 15 is 0 Å². The molecule has 0 aromatic rings. The summed E-state index contributed by atoms with van der Waals surface area (Å²) in [6.45, 7) is 7.87. The fourth-order valence-electron chi connectivity index (χ4n) is 2.64. The maximum atomic E-state index is 12.5. The minimum atomic E-state index is -0.338. The van der Waals surface area contributed by atoms with Gasteiger partial charge in [0.05, 0.1) is 18.2 Å². The molecule has 0 aromatic heterocycles. The molecule has 1 heterocycles. The van der Waals surface area contributed by atoms with E-state index in [1.165, 1.54) is 0 Å². The lowest BCUT2D eigenvalue weighted by Gasteiger charge is -2.31. The van der Waals surface area contributed by atoms with E-state index in [0.29, 0.717) is 12.5 Å². The van der Waals surface area contributed by atoms with Gasteiger partial charge in [-0.05, 0) is 31.7 Å². The summed E-state index contributed by atoms with van der Waals surface area (Å²) in [5.74, 6) is 0.534. The number of carbonyl (C=O) groups is 1. The highest BCUT2D eigenvalue weighted by molar-refractivity contribution is 5.87. The summed E-state index contributed by atoms with van der Waals surface area (Å²) in [5, 5.41) is 6.56. The third-order valence-electron chi connectivity index (χ3n) is 3.82. The molecule has 0 aliphatic carbocycles. The van der Waals surface area contributed by atoms with Gasteiger partial charge in [0.15, 0.2) is 0 Å². The zero-order chi connectivity index (χ0) is 13.6. The van der Waals surface area contributed by atoms with E-state index < -0.39 is 0 Å². The summed E-state index contributed by atoms with van der Waals surface area (Å²) in [4.78, 5) is 12.5. The third-order valence-corrected chi connectivity index (χ3v) is 3.82. The number of methoxy groups -OCH3 is 1. The maximum Gasteiger partial charge on any atom is 0.240 e. The highest BCUT2D eigenvalue weighted by Gasteiger charge is 2.40. The molecule has 1 aliphatic rings. The first-order valence-electron chi connectivity index (χ1n) is 7.10. The molecule has 4 nitrogen and oxygen atoms in total. The van der Waals surface area contributed by atoms with Crippen molar-refractivity contribution in [3.05, 3.63) is 0 Å². The summed E-state index contributed by atoms with van der Waals surface area (Å²) in [6.07, 6.45) is 3.97. The van der Waals surface area contributed by atoms with Gasteiger partial charge in [-0.2, -0.15) is 0 Å². The molecule has 2 N–H and O–H groups in total. The van der Waals surface area contributed by atoms with E-state index in [0.717, 1.165) is 32.2 Å². The van der Waals surface area contributed by atoms with Crippen molar-refractivity contribution < 1.29 is 9.53 Å². The third kappa shape index (κ3) is 3.69. The highest BCUT2D eigenvalue weighted by Crippen LogP contribution is 2.25. The van der Waals surface area contributed by atoms with E-state index in [-0.39, 0.29) is 17.5 Å². The standard InChI is InChI=1S/C14H28N2O2/c1-5-7-14(8-6-9-15-14)13(17)16-12(10-18-4)11(2)3/h11-12,15H,5-10H2,1-4H3,(H,16,17). The number of amides is 1. The molecule has 0 saturated carbocycles. The van der Waals surface area contributed by atoms with E-state index in [9.17, 15) is 4.79 Å². The Balaban J connectivity index is 2.65. The van der Waals surface area contributed by atoms with Crippen molar-refractivity contribution in [2.75, 3.05) is 20.3 Å². The summed E-state index contributed by atoms with van der Waals surface area (Å²) >= 11 is 0. The Labute approximate surface area is 111 Å². The van der Waals surface area contributed by atoms with Crippen molar-refractivity contribution in [2.45, 2.75) is 58.0 Å². The van der Waals surface area contributed by atoms with Gasteiger partial charge < -0.3 is 15.4 Å². The summed E-state index contributed by atoms with van der Waals surface area (Å²) in [6, 6.07) is 0.0960. The zero-order valence-electron chi connectivity index (χ0n) is 12.2. The number of nitrogens with one attached hydrogen (secondary N) is 2. The largest absolute Gasteiger partial charge is 0.383 e. The summed E-state index contributed by atoms with van der Waals surface area (Å²) in [5.41, 5.74) is -0.338. The predicted octanol–water partition coefficient (Wildman–Crippen LogP) is 1.70. The minimum absolute atomic E-state index is 0.0960. The Bertz CT molecular complexity index is 261. The molecule has 1 fully saturated rings. The molecule has 0 radical (unpaired) electrons. The molecular formula is C14H28N2O2. The second-order valence-electron chi connectivity index (χ2n) is 5.64. The molecule has 106 valence electrons. The SMILES string of the molecule is CCCC1(C(=O)NC(COC)C(C)C)CCCN1. The van der Waals surface area contributed by atoms with Crippen molar-refractivity contribution in [1.29, 1.82) is 0 Å². The van der Waals surface area contributed by atoms with Crippen LogP contribution in [0.25, 0.3) is 0 Å². The van der Waals surface area contributed by atoms with E-state index in [2.05, 4.69) is 31.4 Å². The number of hydrogen-bond donors (Lipinski definition) is 2. The number of rotatable bonds is 7. The van der Waals surface area contributed by atoms with Gasteiger partial charge in [0.1, 0.15) is 0 Å². The molecule has 1 saturated heterocycles. The normalized spacial score (nSPS) is 25.4. The number of carbonyl (C=O) groups excluding carboxylic acids is 1. The molecule has 2 atom stereocenters. The summed E-state index contributed by atoms with van der Waals surface area (Å²) < 4.78 is 5.19.